The molecule has 0 fully saturated rings. The number of alkyl halides is 1. The Bertz CT molecular complexity index is 680. The van der Waals surface area contributed by atoms with Gasteiger partial charge in [-0.3, -0.25) is 14.4 Å². The van der Waals surface area contributed by atoms with Crippen molar-refractivity contribution in [1.29, 1.82) is 0 Å². The minimum absolute atomic E-state index is 0.0000243. The second-order valence-electron chi connectivity index (χ2n) is 6.65. The summed E-state index contributed by atoms with van der Waals surface area (Å²) in [4.78, 5) is 46.9. The molecule has 9 heteroatoms. The number of benzene rings is 1. The third-order valence-corrected chi connectivity index (χ3v) is 3.74. The number of carboxylic acids is 1. The molecule has 0 aliphatic rings. The largest absolute Gasteiger partial charge is 0.481 e. The molecular weight excluding hydrogens is 371 g/mol. The van der Waals surface area contributed by atoms with Gasteiger partial charge < -0.3 is 20.5 Å². The van der Waals surface area contributed by atoms with Crippen molar-refractivity contribution in [3.8, 4) is 0 Å². The van der Waals surface area contributed by atoms with Crippen molar-refractivity contribution < 1.29 is 33.4 Å². The standard InChI is InChI=1S/C19H25FN2O6/c1-12(2)8-15(18(26)21-14(9-17(24)25)16(23)10-20)22-19(27)28-11-13-6-4-3-5-7-13/h3-7,12,14-15H,8-11H2,1-2H3,(H,21,26)(H,22,27)(H,24,25). The van der Waals surface area contributed by atoms with Crippen LogP contribution in [0.15, 0.2) is 30.3 Å². The summed E-state index contributed by atoms with van der Waals surface area (Å²) in [5.41, 5.74) is 0.762. The fourth-order valence-corrected chi connectivity index (χ4v) is 2.40. The molecule has 2 unspecified atom stereocenters. The van der Waals surface area contributed by atoms with Crippen molar-refractivity contribution in [2.75, 3.05) is 6.67 Å². The Labute approximate surface area is 162 Å². The van der Waals surface area contributed by atoms with Crippen molar-refractivity contribution in [2.45, 2.75) is 45.4 Å². The minimum Gasteiger partial charge on any atom is -0.481 e. The number of ketones is 1. The van der Waals surface area contributed by atoms with E-state index in [0.29, 0.717) is 0 Å². The Hall–Kier alpha value is -2.97. The van der Waals surface area contributed by atoms with E-state index in [4.69, 9.17) is 9.84 Å². The van der Waals surface area contributed by atoms with Crippen LogP contribution < -0.4 is 10.6 Å². The highest BCUT2D eigenvalue weighted by atomic mass is 19.1. The lowest BCUT2D eigenvalue weighted by molar-refractivity contribution is -0.140. The summed E-state index contributed by atoms with van der Waals surface area (Å²) in [5, 5.41) is 13.4. The zero-order valence-electron chi connectivity index (χ0n) is 15.8. The van der Waals surface area contributed by atoms with Crippen LogP contribution in [-0.4, -0.2) is 47.6 Å². The highest BCUT2D eigenvalue weighted by molar-refractivity contribution is 5.94. The van der Waals surface area contributed by atoms with Gasteiger partial charge in [-0.2, -0.15) is 0 Å². The van der Waals surface area contributed by atoms with E-state index < -0.39 is 48.9 Å². The quantitative estimate of drug-likeness (QED) is 0.525. The van der Waals surface area contributed by atoms with Gasteiger partial charge in [0.1, 0.15) is 25.4 Å². The molecule has 1 aromatic carbocycles. The number of nitrogens with one attached hydrogen (secondary N) is 2. The highest BCUT2D eigenvalue weighted by Gasteiger charge is 2.29. The summed E-state index contributed by atoms with van der Waals surface area (Å²) in [6, 6.07) is 6.36. The lowest BCUT2D eigenvalue weighted by atomic mass is 10.0. The first-order valence-corrected chi connectivity index (χ1v) is 8.81. The van der Waals surface area contributed by atoms with E-state index in [-0.39, 0.29) is 18.9 Å². The molecule has 0 saturated heterocycles. The fraction of sp³-hybridized carbons (Fsp3) is 0.474. The molecule has 0 heterocycles. The molecule has 8 nitrogen and oxygen atoms in total. The molecule has 154 valence electrons. The van der Waals surface area contributed by atoms with Gasteiger partial charge in [0.2, 0.25) is 5.91 Å². The number of hydrogen-bond donors (Lipinski definition) is 3. The molecule has 0 saturated carbocycles. The van der Waals surface area contributed by atoms with E-state index in [1.165, 1.54) is 0 Å². The number of rotatable bonds is 11. The van der Waals surface area contributed by atoms with E-state index in [1.54, 1.807) is 24.3 Å². The molecule has 0 aliphatic carbocycles. The molecule has 3 N–H and O–H groups in total. The number of Topliss-reactive ketones (excluding diaryl/α,β-unsaturated/α-hetero) is 1. The zero-order chi connectivity index (χ0) is 21.1. The molecule has 2 atom stereocenters. The number of carboxylic acid groups (broad SMARTS) is 1. The molecule has 2 amide bonds. The molecule has 1 aromatic rings. The van der Waals surface area contributed by atoms with Crippen molar-refractivity contribution in [3.63, 3.8) is 0 Å². The number of halogens is 1. The van der Waals surface area contributed by atoms with E-state index in [0.717, 1.165) is 5.56 Å². The molecular formula is C19H25FN2O6. The molecule has 1 rings (SSSR count). The van der Waals surface area contributed by atoms with Crippen LogP contribution in [0.4, 0.5) is 9.18 Å². The van der Waals surface area contributed by atoms with Gasteiger partial charge in [-0.25, -0.2) is 9.18 Å². The maximum Gasteiger partial charge on any atom is 0.408 e. The van der Waals surface area contributed by atoms with Crippen molar-refractivity contribution in [1.82, 2.24) is 10.6 Å². The lowest BCUT2D eigenvalue weighted by Crippen LogP contribution is -2.52. The van der Waals surface area contributed by atoms with E-state index in [9.17, 15) is 23.6 Å². The average Bonchev–Trinajstić information content (AvgIpc) is 2.64. The first-order valence-electron chi connectivity index (χ1n) is 8.81. The second kappa shape index (κ2) is 11.7. The van der Waals surface area contributed by atoms with Crippen LogP contribution in [0.1, 0.15) is 32.3 Å². The van der Waals surface area contributed by atoms with Gasteiger partial charge in [-0.05, 0) is 17.9 Å². The monoisotopic (exact) mass is 396 g/mol. The van der Waals surface area contributed by atoms with Crippen LogP contribution in [0.2, 0.25) is 0 Å². The maximum atomic E-state index is 12.6. The molecule has 0 aromatic heterocycles. The summed E-state index contributed by atoms with van der Waals surface area (Å²) in [7, 11) is 0. The molecule has 0 radical (unpaired) electrons. The summed E-state index contributed by atoms with van der Waals surface area (Å²) in [6.07, 6.45) is -1.37. The highest BCUT2D eigenvalue weighted by Crippen LogP contribution is 2.08. The first kappa shape index (κ1) is 23.1. The minimum atomic E-state index is -1.51. The zero-order valence-corrected chi connectivity index (χ0v) is 15.8. The van der Waals surface area contributed by atoms with Crippen LogP contribution in [0.25, 0.3) is 0 Å². The number of carbonyl (C=O) groups excluding carboxylic acids is 3. The average molecular weight is 396 g/mol. The first-order chi connectivity index (χ1) is 13.2. The molecule has 28 heavy (non-hydrogen) atoms. The number of aliphatic carboxylic acids is 1. The predicted molar refractivity (Wildman–Crippen MR) is 98.2 cm³/mol. The predicted octanol–water partition coefficient (Wildman–Crippen LogP) is 1.83. The normalized spacial score (nSPS) is 12.7. The number of hydrogen-bond acceptors (Lipinski definition) is 5. The van der Waals surface area contributed by atoms with Crippen LogP contribution in [0.5, 0.6) is 0 Å². The van der Waals surface area contributed by atoms with Gasteiger partial charge in [-0.15, -0.1) is 0 Å². The Morgan fingerprint density at radius 3 is 2.25 bits per heavy atom. The van der Waals surface area contributed by atoms with Crippen molar-refractivity contribution in [2.24, 2.45) is 5.92 Å². The summed E-state index contributed by atoms with van der Waals surface area (Å²) in [5.74, 6) is -3.19. The van der Waals surface area contributed by atoms with E-state index >= 15 is 0 Å². The maximum absolute atomic E-state index is 12.6. The third-order valence-electron chi connectivity index (χ3n) is 3.74. The van der Waals surface area contributed by atoms with E-state index in [1.807, 2.05) is 19.9 Å². The number of alkyl carbamates (subject to hydrolysis) is 1. The Morgan fingerprint density at radius 2 is 1.71 bits per heavy atom. The SMILES string of the molecule is CC(C)CC(NC(=O)OCc1ccccc1)C(=O)NC(CC(=O)O)C(=O)CF. The Kier molecular flexibility index (Phi) is 9.63. The number of carbonyl (C=O) groups is 4. The van der Waals surface area contributed by atoms with Crippen LogP contribution in [0, 0.1) is 5.92 Å². The van der Waals surface area contributed by atoms with Gasteiger partial charge in [0.05, 0.1) is 6.42 Å². The fourth-order valence-electron chi connectivity index (χ4n) is 2.40. The second-order valence-corrected chi connectivity index (χ2v) is 6.65. The Morgan fingerprint density at radius 1 is 1.07 bits per heavy atom. The van der Waals surface area contributed by atoms with Crippen molar-refractivity contribution >= 4 is 23.8 Å². The van der Waals surface area contributed by atoms with Crippen LogP contribution in [0.3, 0.4) is 0 Å². The topological polar surface area (TPSA) is 122 Å². The van der Waals surface area contributed by atoms with E-state index in [2.05, 4.69) is 10.6 Å². The molecule has 0 bridgehead atoms. The van der Waals surface area contributed by atoms with Gasteiger partial charge in [0.15, 0.2) is 5.78 Å². The Balaban J connectivity index is 2.73. The van der Waals surface area contributed by atoms with Gasteiger partial charge in [0, 0.05) is 0 Å². The van der Waals surface area contributed by atoms with Crippen LogP contribution >= 0.6 is 0 Å². The third kappa shape index (κ3) is 8.61. The summed E-state index contributed by atoms with van der Waals surface area (Å²) in [6.45, 7) is 2.24. The van der Waals surface area contributed by atoms with Gasteiger partial charge in [0.25, 0.3) is 0 Å². The molecule has 0 aliphatic heterocycles. The van der Waals surface area contributed by atoms with Crippen LogP contribution in [-0.2, 0) is 25.7 Å². The van der Waals surface area contributed by atoms with Crippen molar-refractivity contribution in [3.05, 3.63) is 35.9 Å². The smallest absolute Gasteiger partial charge is 0.408 e. The van der Waals surface area contributed by atoms with Gasteiger partial charge >= 0.3 is 12.1 Å². The van der Waals surface area contributed by atoms with Gasteiger partial charge in [-0.1, -0.05) is 44.2 Å². The lowest BCUT2D eigenvalue weighted by Gasteiger charge is -2.22. The molecule has 0 spiro atoms. The number of amides is 2. The summed E-state index contributed by atoms with van der Waals surface area (Å²) < 4.78 is 17.7. The summed E-state index contributed by atoms with van der Waals surface area (Å²) >= 11 is 0. The number of ether oxygens (including phenoxy) is 1.